The highest BCUT2D eigenvalue weighted by molar-refractivity contribution is 7.98. The number of aryl methyl sites for hydroxylation is 1. The first-order valence-electron chi connectivity index (χ1n) is 5.05. The van der Waals surface area contributed by atoms with Crippen LogP contribution in [0.15, 0.2) is 18.2 Å². The fourth-order valence-corrected chi connectivity index (χ4v) is 2.09. The Balaban J connectivity index is 2.52. The van der Waals surface area contributed by atoms with Gasteiger partial charge in [-0.3, -0.25) is 0 Å². The van der Waals surface area contributed by atoms with Gasteiger partial charge in [0, 0.05) is 12.3 Å². The number of hydrogen-bond donors (Lipinski definition) is 1. The second kappa shape index (κ2) is 4.65. The van der Waals surface area contributed by atoms with Crippen molar-refractivity contribution >= 4 is 28.7 Å². The van der Waals surface area contributed by atoms with E-state index in [1.165, 1.54) is 0 Å². The van der Waals surface area contributed by atoms with Crippen molar-refractivity contribution in [1.29, 1.82) is 0 Å². The Morgan fingerprint density at radius 3 is 3.00 bits per heavy atom. The number of ether oxygens (including phenoxy) is 1. The molecule has 0 atom stereocenters. The van der Waals surface area contributed by atoms with Crippen LogP contribution >= 0.6 is 11.8 Å². The second-order valence-corrected chi connectivity index (χ2v) is 4.43. The first kappa shape index (κ1) is 11.1. The molecule has 0 aliphatic rings. The van der Waals surface area contributed by atoms with Crippen molar-refractivity contribution in [2.24, 2.45) is 0 Å². The average molecular weight is 237 g/mol. The van der Waals surface area contributed by atoms with Gasteiger partial charge in [-0.05, 0) is 18.4 Å². The van der Waals surface area contributed by atoms with Gasteiger partial charge in [0.05, 0.1) is 12.6 Å². The zero-order chi connectivity index (χ0) is 11.5. The third-order valence-corrected chi connectivity index (χ3v) is 3.10. The summed E-state index contributed by atoms with van der Waals surface area (Å²) in [5.74, 6) is 2.34. The van der Waals surface area contributed by atoms with Crippen LogP contribution in [0.3, 0.4) is 0 Å². The quantitative estimate of drug-likeness (QED) is 0.883. The smallest absolute Gasteiger partial charge is 0.201 e. The number of anilines is 1. The van der Waals surface area contributed by atoms with Gasteiger partial charge in [0.2, 0.25) is 5.95 Å². The van der Waals surface area contributed by atoms with Crippen LogP contribution in [0.5, 0.6) is 5.75 Å². The van der Waals surface area contributed by atoms with E-state index in [1.54, 1.807) is 18.9 Å². The van der Waals surface area contributed by atoms with E-state index in [0.29, 0.717) is 5.95 Å². The first-order chi connectivity index (χ1) is 7.77. The number of nitrogens with zero attached hydrogens (tertiary/aromatic N) is 2. The maximum Gasteiger partial charge on any atom is 0.201 e. The average Bonchev–Trinajstić information content (AvgIpc) is 2.62. The Labute approximate surface area is 98.8 Å². The van der Waals surface area contributed by atoms with E-state index in [9.17, 15) is 0 Å². The van der Waals surface area contributed by atoms with Crippen LogP contribution in [-0.2, 0) is 6.54 Å². The molecule has 0 saturated heterocycles. The van der Waals surface area contributed by atoms with E-state index in [1.807, 2.05) is 22.8 Å². The summed E-state index contributed by atoms with van der Waals surface area (Å²) >= 11 is 1.79. The van der Waals surface area contributed by atoms with Crippen molar-refractivity contribution < 1.29 is 4.74 Å². The molecular weight excluding hydrogens is 222 g/mol. The summed E-state index contributed by atoms with van der Waals surface area (Å²) in [5, 5.41) is 0. The minimum atomic E-state index is 0.550. The van der Waals surface area contributed by atoms with Crippen LogP contribution in [0, 0.1) is 0 Å². The Bertz CT molecular complexity index is 495. The standard InChI is InChI=1S/C11H15N3OS/c1-15-9-5-3-4-8-10(9)13-11(12)14(8)6-7-16-2/h3-5H,6-7H2,1-2H3,(H2,12,13). The molecule has 2 rings (SSSR count). The summed E-state index contributed by atoms with van der Waals surface area (Å²) in [6, 6.07) is 5.87. The van der Waals surface area contributed by atoms with Gasteiger partial charge in [0.1, 0.15) is 11.3 Å². The minimum absolute atomic E-state index is 0.550. The summed E-state index contributed by atoms with van der Waals surface area (Å²) < 4.78 is 7.29. The van der Waals surface area contributed by atoms with Crippen molar-refractivity contribution in [3.05, 3.63) is 18.2 Å². The van der Waals surface area contributed by atoms with Crippen LogP contribution in [0.25, 0.3) is 11.0 Å². The number of nitrogen functional groups attached to an aromatic ring is 1. The van der Waals surface area contributed by atoms with Gasteiger partial charge in [0.15, 0.2) is 0 Å². The lowest BCUT2D eigenvalue weighted by Gasteiger charge is -2.05. The predicted molar refractivity (Wildman–Crippen MR) is 69.1 cm³/mol. The topological polar surface area (TPSA) is 53.1 Å². The van der Waals surface area contributed by atoms with Gasteiger partial charge in [-0.15, -0.1) is 0 Å². The molecule has 0 amide bonds. The SMILES string of the molecule is COc1cccc2c1nc(N)n2CCSC. The van der Waals surface area contributed by atoms with Gasteiger partial charge < -0.3 is 15.0 Å². The zero-order valence-corrected chi connectivity index (χ0v) is 10.3. The van der Waals surface area contributed by atoms with Gasteiger partial charge in [-0.25, -0.2) is 4.98 Å². The fourth-order valence-electron chi connectivity index (χ4n) is 1.72. The predicted octanol–water partition coefficient (Wildman–Crippen LogP) is 1.99. The van der Waals surface area contributed by atoms with Crippen molar-refractivity contribution in [3.8, 4) is 5.75 Å². The highest BCUT2D eigenvalue weighted by Crippen LogP contribution is 2.26. The number of fused-ring (bicyclic) bond motifs is 1. The maximum atomic E-state index is 5.90. The maximum absolute atomic E-state index is 5.90. The third-order valence-electron chi connectivity index (χ3n) is 2.51. The van der Waals surface area contributed by atoms with Crippen molar-refractivity contribution in [2.45, 2.75) is 6.54 Å². The number of para-hydroxylation sites is 1. The lowest BCUT2D eigenvalue weighted by Crippen LogP contribution is -2.04. The molecule has 0 bridgehead atoms. The highest BCUT2D eigenvalue weighted by Gasteiger charge is 2.11. The molecule has 0 saturated carbocycles. The molecule has 0 fully saturated rings. The molecule has 0 unspecified atom stereocenters. The van der Waals surface area contributed by atoms with Crippen molar-refractivity contribution in [1.82, 2.24) is 9.55 Å². The molecule has 1 heterocycles. The van der Waals surface area contributed by atoms with Gasteiger partial charge in [-0.2, -0.15) is 11.8 Å². The van der Waals surface area contributed by atoms with E-state index in [-0.39, 0.29) is 0 Å². The van der Waals surface area contributed by atoms with Gasteiger partial charge in [0.25, 0.3) is 0 Å². The number of aromatic nitrogens is 2. The van der Waals surface area contributed by atoms with Crippen molar-refractivity contribution in [2.75, 3.05) is 24.9 Å². The van der Waals surface area contributed by atoms with Crippen LogP contribution in [0.2, 0.25) is 0 Å². The summed E-state index contributed by atoms with van der Waals surface area (Å²) in [6.07, 6.45) is 2.08. The summed E-state index contributed by atoms with van der Waals surface area (Å²) in [4.78, 5) is 4.34. The molecule has 86 valence electrons. The molecule has 2 N–H and O–H groups in total. The molecule has 0 aliphatic carbocycles. The second-order valence-electron chi connectivity index (χ2n) is 3.44. The number of rotatable bonds is 4. The molecule has 0 spiro atoms. The molecule has 1 aromatic carbocycles. The molecule has 0 aliphatic heterocycles. The Kier molecular flexibility index (Phi) is 3.24. The van der Waals surface area contributed by atoms with E-state index >= 15 is 0 Å². The highest BCUT2D eigenvalue weighted by atomic mass is 32.2. The molecule has 16 heavy (non-hydrogen) atoms. The van der Waals surface area contributed by atoms with E-state index < -0.39 is 0 Å². The third kappa shape index (κ3) is 1.82. The van der Waals surface area contributed by atoms with E-state index in [0.717, 1.165) is 29.1 Å². The van der Waals surface area contributed by atoms with Crippen molar-refractivity contribution in [3.63, 3.8) is 0 Å². The monoisotopic (exact) mass is 237 g/mol. The van der Waals surface area contributed by atoms with E-state index in [4.69, 9.17) is 10.5 Å². The normalized spacial score (nSPS) is 10.9. The van der Waals surface area contributed by atoms with Gasteiger partial charge in [-0.1, -0.05) is 6.07 Å². The summed E-state index contributed by atoms with van der Waals surface area (Å²) in [5.41, 5.74) is 7.77. The number of hydrogen-bond acceptors (Lipinski definition) is 4. The van der Waals surface area contributed by atoms with Crippen LogP contribution in [-0.4, -0.2) is 28.7 Å². The molecule has 0 radical (unpaired) electrons. The first-order valence-corrected chi connectivity index (χ1v) is 6.45. The molecule has 5 heteroatoms. The van der Waals surface area contributed by atoms with Gasteiger partial charge >= 0.3 is 0 Å². The number of thioether (sulfide) groups is 1. The van der Waals surface area contributed by atoms with E-state index in [2.05, 4.69) is 11.2 Å². The minimum Gasteiger partial charge on any atom is -0.494 e. The van der Waals surface area contributed by atoms with Crippen LogP contribution in [0.1, 0.15) is 0 Å². The number of nitrogens with two attached hydrogens (primary N) is 1. The molecule has 4 nitrogen and oxygen atoms in total. The molecule has 1 aromatic heterocycles. The largest absolute Gasteiger partial charge is 0.494 e. The Morgan fingerprint density at radius 1 is 1.50 bits per heavy atom. The molecular formula is C11H15N3OS. The lowest BCUT2D eigenvalue weighted by atomic mass is 10.3. The number of methoxy groups -OCH3 is 1. The zero-order valence-electron chi connectivity index (χ0n) is 9.43. The number of imidazole rings is 1. The fraction of sp³-hybridized carbons (Fsp3) is 0.364. The summed E-state index contributed by atoms with van der Waals surface area (Å²) in [7, 11) is 1.64. The molecule has 2 aromatic rings. The van der Waals surface area contributed by atoms with Crippen LogP contribution < -0.4 is 10.5 Å². The lowest BCUT2D eigenvalue weighted by molar-refractivity contribution is 0.419. The Hall–Kier alpha value is -1.36. The van der Waals surface area contributed by atoms with Crippen LogP contribution in [0.4, 0.5) is 5.95 Å². The summed E-state index contributed by atoms with van der Waals surface area (Å²) in [6.45, 7) is 0.872. The number of benzene rings is 1. The Morgan fingerprint density at radius 2 is 2.31 bits per heavy atom.